The average Bonchev–Trinajstić information content (AvgIpc) is 3.18. The lowest BCUT2D eigenvalue weighted by Gasteiger charge is -2.46. The molecule has 168 valence electrons. The van der Waals surface area contributed by atoms with Gasteiger partial charge in [-0.05, 0) is 75.1 Å². The standard InChI is InChI=1S/C25H31F3N2O/c1-19-16-20(17-30-22(19)25(26,27)28)8-2-4-10-23(21-9-3-7-14-29-21)13-15-31-24(18-23)11-5-6-12-24/h3,7,9,14,16-17H,2,4-6,8,10-13,15,18H2,1H3/t23-/m1/s1. The molecule has 0 unspecified atom stereocenters. The normalized spacial score (nSPS) is 23.4. The number of hydrogen-bond acceptors (Lipinski definition) is 3. The van der Waals surface area contributed by atoms with Crippen LogP contribution in [0, 0.1) is 6.92 Å². The minimum absolute atomic E-state index is 0.00420. The zero-order chi connectivity index (χ0) is 22.0. The number of aryl methyl sites for hydroxylation is 2. The van der Waals surface area contributed by atoms with Crippen LogP contribution in [-0.4, -0.2) is 22.2 Å². The molecule has 0 N–H and O–H groups in total. The highest BCUT2D eigenvalue weighted by Gasteiger charge is 2.48. The highest BCUT2D eigenvalue weighted by Crippen LogP contribution is 2.50. The molecule has 1 atom stereocenters. The van der Waals surface area contributed by atoms with Gasteiger partial charge in [-0.1, -0.05) is 31.4 Å². The van der Waals surface area contributed by atoms with E-state index in [0.717, 1.165) is 69.2 Å². The van der Waals surface area contributed by atoms with Crippen LogP contribution in [0.3, 0.4) is 0 Å². The second-order valence-corrected chi connectivity index (χ2v) is 9.37. The molecular formula is C25H31F3N2O. The van der Waals surface area contributed by atoms with Gasteiger partial charge in [0.2, 0.25) is 0 Å². The van der Waals surface area contributed by atoms with E-state index in [4.69, 9.17) is 9.72 Å². The van der Waals surface area contributed by atoms with Crippen molar-refractivity contribution < 1.29 is 17.9 Å². The van der Waals surface area contributed by atoms with E-state index in [2.05, 4.69) is 17.1 Å². The molecule has 4 rings (SSSR count). The maximum Gasteiger partial charge on any atom is 0.433 e. The van der Waals surface area contributed by atoms with E-state index in [1.165, 1.54) is 26.0 Å². The van der Waals surface area contributed by atoms with Crippen molar-refractivity contribution in [2.45, 2.75) is 88.3 Å². The quantitative estimate of drug-likeness (QED) is 0.484. The summed E-state index contributed by atoms with van der Waals surface area (Å²) in [5, 5.41) is 0. The number of rotatable bonds is 6. The van der Waals surface area contributed by atoms with Crippen molar-refractivity contribution in [3.8, 4) is 0 Å². The number of hydrogen-bond donors (Lipinski definition) is 0. The Balaban J connectivity index is 1.42. The lowest BCUT2D eigenvalue weighted by molar-refractivity contribution is -0.141. The highest BCUT2D eigenvalue weighted by molar-refractivity contribution is 5.26. The SMILES string of the molecule is Cc1cc(CCCC[C@@]2(c3ccccn3)CCOC3(CCCC3)C2)cnc1C(F)(F)F. The van der Waals surface area contributed by atoms with Crippen LogP contribution in [0.2, 0.25) is 0 Å². The molecule has 1 aliphatic heterocycles. The Morgan fingerprint density at radius 1 is 1.06 bits per heavy atom. The Bertz CT molecular complexity index is 878. The van der Waals surface area contributed by atoms with E-state index >= 15 is 0 Å². The van der Waals surface area contributed by atoms with E-state index in [0.29, 0.717) is 0 Å². The van der Waals surface area contributed by atoms with Crippen LogP contribution in [0.25, 0.3) is 0 Å². The van der Waals surface area contributed by atoms with Gasteiger partial charge in [-0.25, -0.2) is 0 Å². The smallest absolute Gasteiger partial charge is 0.375 e. The summed E-state index contributed by atoms with van der Waals surface area (Å²) < 4.78 is 45.1. The first-order valence-electron chi connectivity index (χ1n) is 11.4. The molecule has 0 aromatic carbocycles. The molecule has 0 bridgehead atoms. The number of alkyl halides is 3. The van der Waals surface area contributed by atoms with Gasteiger partial charge in [0.1, 0.15) is 5.69 Å². The predicted octanol–water partition coefficient (Wildman–Crippen LogP) is 6.58. The Morgan fingerprint density at radius 2 is 1.87 bits per heavy atom. The van der Waals surface area contributed by atoms with Crippen LogP contribution >= 0.6 is 0 Å². The molecule has 0 amide bonds. The van der Waals surface area contributed by atoms with Crippen LogP contribution in [0.4, 0.5) is 13.2 Å². The lowest BCUT2D eigenvalue weighted by atomic mass is 9.67. The second-order valence-electron chi connectivity index (χ2n) is 9.37. The summed E-state index contributed by atoms with van der Waals surface area (Å²) >= 11 is 0. The molecule has 3 heterocycles. The third kappa shape index (κ3) is 4.94. The first kappa shape index (κ1) is 22.3. The number of unbranched alkanes of at least 4 members (excludes halogenated alkanes) is 1. The Kier molecular flexibility index (Phi) is 6.38. The molecule has 0 radical (unpaired) electrons. The molecule has 2 aromatic heterocycles. The van der Waals surface area contributed by atoms with Gasteiger partial charge in [-0.2, -0.15) is 13.2 Å². The van der Waals surface area contributed by atoms with E-state index in [9.17, 15) is 13.2 Å². The number of halogens is 3. The van der Waals surface area contributed by atoms with Gasteiger partial charge in [-0.15, -0.1) is 0 Å². The van der Waals surface area contributed by atoms with Crippen molar-refractivity contribution in [1.29, 1.82) is 0 Å². The molecule has 1 spiro atoms. The maximum atomic E-state index is 12.9. The van der Waals surface area contributed by atoms with Crippen molar-refractivity contribution in [3.63, 3.8) is 0 Å². The summed E-state index contributed by atoms with van der Waals surface area (Å²) in [6.45, 7) is 2.26. The minimum Gasteiger partial charge on any atom is -0.375 e. The van der Waals surface area contributed by atoms with Crippen molar-refractivity contribution in [3.05, 3.63) is 59.2 Å². The maximum absolute atomic E-state index is 12.9. The molecule has 31 heavy (non-hydrogen) atoms. The van der Waals surface area contributed by atoms with Crippen LogP contribution in [0.1, 0.15) is 80.3 Å². The third-order valence-corrected chi connectivity index (χ3v) is 7.15. The van der Waals surface area contributed by atoms with Gasteiger partial charge < -0.3 is 4.74 Å². The molecule has 1 saturated carbocycles. The van der Waals surface area contributed by atoms with E-state index in [1.807, 2.05) is 12.3 Å². The van der Waals surface area contributed by atoms with Crippen LogP contribution in [0.5, 0.6) is 0 Å². The Hall–Kier alpha value is -1.95. The fraction of sp³-hybridized carbons (Fsp3) is 0.600. The van der Waals surface area contributed by atoms with Crippen LogP contribution in [0.15, 0.2) is 36.7 Å². The van der Waals surface area contributed by atoms with Gasteiger partial charge in [0.25, 0.3) is 0 Å². The molecule has 2 aliphatic rings. The molecule has 1 aliphatic carbocycles. The predicted molar refractivity (Wildman–Crippen MR) is 114 cm³/mol. The van der Waals surface area contributed by atoms with E-state index in [-0.39, 0.29) is 16.6 Å². The van der Waals surface area contributed by atoms with Gasteiger partial charge in [0, 0.05) is 30.1 Å². The summed E-state index contributed by atoms with van der Waals surface area (Å²) in [6.07, 6.45) is 9.32. The molecule has 2 fully saturated rings. The van der Waals surface area contributed by atoms with E-state index < -0.39 is 11.9 Å². The zero-order valence-corrected chi connectivity index (χ0v) is 18.2. The average molecular weight is 433 g/mol. The number of pyridine rings is 2. The summed E-state index contributed by atoms with van der Waals surface area (Å²) in [4.78, 5) is 8.41. The minimum atomic E-state index is -4.39. The molecule has 3 nitrogen and oxygen atoms in total. The van der Waals surface area contributed by atoms with Crippen LogP contribution in [-0.2, 0) is 22.7 Å². The lowest BCUT2D eigenvalue weighted by Crippen LogP contribution is -2.46. The zero-order valence-electron chi connectivity index (χ0n) is 18.2. The van der Waals surface area contributed by atoms with E-state index in [1.54, 1.807) is 6.07 Å². The first-order chi connectivity index (χ1) is 14.8. The van der Waals surface area contributed by atoms with Gasteiger partial charge in [0.05, 0.1) is 5.60 Å². The molecular weight excluding hydrogens is 401 g/mol. The topological polar surface area (TPSA) is 35.0 Å². The van der Waals surface area contributed by atoms with Crippen molar-refractivity contribution in [2.75, 3.05) is 6.61 Å². The van der Waals surface area contributed by atoms with Gasteiger partial charge in [0.15, 0.2) is 0 Å². The van der Waals surface area contributed by atoms with Crippen LogP contribution < -0.4 is 0 Å². The van der Waals surface area contributed by atoms with Gasteiger partial charge in [-0.3, -0.25) is 9.97 Å². The molecule has 6 heteroatoms. The number of nitrogens with zero attached hydrogens (tertiary/aromatic N) is 2. The van der Waals surface area contributed by atoms with Gasteiger partial charge >= 0.3 is 6.18 Å². The Labute approximate surface area is 182 Å². The second kappa shape index (κ2) is 8.89. The first-order valence-corrected chi connectivity index (χ1v) is 11.4. The van der Waals surface area contributed by atoms with Crippen molar-refractivity contribution in [1.82, 2.24) is 9.97 Å². The van der Waals surface area contributed by atoms with Crippen molar-refractivity contribution >= 4 is 0 Å². The molecule has 1 saturated heterocycles. The fourth-order valence-corrected chi connectivity index (χ4v) is 5.66. The largest absolute Gasteiger partial charge is 0.433 e. The van der Waals surface area contributed by atoms with Crippen molar-refractivity contribution in [2.24, 2.45) is 0 Å². The fourth-order valence-electron chi connectivity index (χ4n) is 5.66. The summed E-state index contributed by atoms with van der Waals surface area (Å²) in [6, 6.07) is 7.81. The summed E-state index contributed by atoms with van der Waals surface area (Å²) in [7, 11) is 0. The monoisotopic (exact) mass is 432 g/mol. The number of aromatic nitrogens is 2. The summed E-state index contributed by atoms with van der Waals surface area (Å²) in [5.74, 6) is 0. The summed E-state index contributed by atoms with van der Waals surface area (Å²) in [5.41, 5.74) is 1.48. The Morgan fingerprint density at radius 3 is 2.55 bits per heavy atom. The molecule has 2 aromatic rings. The number of ether oxygens (including phenoxy) is 1. The highest BCUT2D eigenvalue weighted by atomic mass is 19.4. The third-order valence-electron chi connectivity index (χ3n) is 7.15.